The third kappa shape index (κ3) is 3.51. The number of nitrogens with zero attached hydrogens (tertiary/aromatic N) is 4. The first-order chi connectivity index (χ1) is 11.8. The van der Waals surface area contributed by atoms with E-state index in [1.165, 1.54) is 17.7 Å². The van der Waals surface area contributed by atoms with Gasteiger partial charge in [0.25, 0.3) is 0 Å². The highest BCUT2D eigenvalue weighted by atomic mass is 32.1. The van der Waals surface area contributed by atoms with Gasteiger partial charge in [-0.1, -0.05) is 6.07 Å². The second-order valence-electron chi connectivity index (χ2n) is 6.29. The quantitative estimate of drug-likeness (QED) is 0.926. The number of piperazine rings is 1. The van der Waals surface area contributed by atoms with Crippen LogP contribution in [0, 0.1) is 0 Å². The Morgan fingerprint density at radius 1 is 1.25 bits per heavy atom. The monoisotopic (exact) mass is 343 g/mol. The van der Waals surface area contributed by atoms with Crippen molar-refractivity contribution in [2.75, 3.05) is 31.1 Å². The molecule has 126 valence electrons. The Balaban J connectivity index is 1.29. The highest BCUT2D eigenvalue weighted by Crippen LogP contribution is 2.39. The fraction of sp³-hybridized carbons (Fsp3) is 0.471. The molecule has 7 heteroatoms. The summed E-state index contributed by atoms with van der Waals surface area (Å²) in [5.74, 6) is 1.63. The van der Waals surface area contributed by atoms with Gasteiger partial charge in [0.15, 0.2) is 0 Å². The zero-order valence-electron chi connectivity index (χ0n) is 13.5. The van der Waals surface area contributed by atoms with Crippen molar-refractivity contribution in [2.24, 2.45) is 0 Å². The van der Waals surface area contributed by atoms with E-state index in [4.69, 9.17) is 0 Å². The maximum Gasteiger partial charge on any atom is 0.317 e. The lowest BCUT2D eigenvalue weighted by Crippen LogP contribution is -2.51. The first-order valence-corrected chi connectivity index (χ1v) is 9.29. The van der Waals surface area contributed by atoms with E-state index in [9.17, 15) is 4.79 Å². The third-order valence-electron chi connectivity index (χ3n) is 4.55. The minimum atomic E-state index is 0.0180. The van der Waals surface area contributed by atoms with Crippen LogP contribution in [0.2, 0.25) is 0 Å². The van der Waals surface area contributed by atoms with Crippen LogP contribution < -0.4 is 10.2 Å². The lowest BCUT2D eigenvalue weighted by Gasteiger charge is -2.35. The summed E-state index contributed by atoms with van der Waals surface area (Å²) in [6, 6.07) is 6.17. The van der Waals surface area contributed by atoms with E-state index in [1.54, 1.807) is 17.7 Å². The Bertz CT molecular complexity index is 693. The van der Waals surface area contributed by atoms with Crippen molar-refractivity contribution < 1.29 is 4.79 Å². The molecule has 2 aliphatic rings. The zero-order chi connectivity index (χ0) is 16.4. The number of rotatable bonds is 4. The van der Waals surface area contributed by atoms with Crippen molar-refractivity contribution in [3.8, 4) is 0 Å². The normalized spacial score (nSPS) is 17.8. The molecule has 2 fully saturated rings. The van der Waals surface area contributed by atoms with Crippen molar-refractivity contribution >= 4 is 23.2 Å². The van der Waals surface area contributed by atoms with Crippen molar-refractivity contribution in [3.63, 3.8) is 0 Å². The van der Waals surface area contributed by atoms with Gasteiger partial charge >= 0.3 is 6.03 Å². The molecule has 2 amide bonds. The summed E-state index contributed by atoms with van der Waals surface area (Å²) in [6.07, 6.45) is 4.16. The van der Waals surface area contributed by atoms with Crippen LogP contribution in [0.5, 0.6) is 0 Å². The smallest absolute Gasteiger partial charge is 0.317 e. The van der Waals surface area contributed by atoms with E-state index < -0.39 is 0 Å². The van der Waals surface area contributed by atoms with E-state index in [-0.39, 0.29) is 6.03 Å². The van der Waals surface area contributed by atoms with Crippen LogP contribution in [0.4, 0.5) is 10.6 Å². The van der Waals surface area contributed by atoms with Gasteiger partial charge in [-0.15, -0.1) is 11.3 Å². The molecule has 1 saturated heterocycles. The minimum Gasteiger partial charge on any atom is -0.353 e. The van der Waals surface area contributed by atoms with Crippen LogP contribution in [0.15, 0.2) is 29.9 Å². The summed E-state index contributed by atoms with van der Waals surface area (Å²) in [7, 11) is 0. The van der Waals surface area contributed by atoms with E-state index in [0.717, 1.165) is 37.7 Å². The van der Waals surface area contributed by atoms with Crippen molar-refractivity contribution in [3.05, 3.63) is 40.5 Å². The molecule has 6 nitrogen and oxygen atoms in total. The van der Waals surface area contributed by atoms with Gasteiger partial charge in [0.2, 0.25) is 0 Å². The minimum absolute atomic E-state index is 0.0180. The highest BCUT2D eigenvalue weighted by molar-refractivity contribution is 7.09. The maximum atomic E-state index is 12.3. The Morgan fingerprint density at radius 2 is 2.08 bits per heavy atom. The van der Waals surface area contributed by atoms with Gasteiger partial charge < -0.3 is 15.1 Å². The molecule has 24 heavy (non-hydrogen) atoms. The van der Waals surface area contributed by atoms with Gasteiger partial charge in [-0.25, -0.2) is 14.8 Å². The molecule has 0 radical (unpaired) electrons. The first-order valence-electron chi connectivity index (χ1n) is 8.41. The van der Waals surface area contributed by atoms with Crippen LogP contribution in [-0.2, 0) is 6.54 Å². The SMILES string of the molecule is O=C(NCc1cccs1)N1CCN(c2cc(C3CC3)ncn2)CC1. The molecule has 3 heterocycles. The molecule has 2 aromatic rings. The molecular formula is C17H21N5OS. The molecule has 1 N–H and O–H groups in total. The lowest BCUT2D eigenvalue weighted by molar-refractivity contribution is 0.194. The molecule has 0 unspecified atom stereocenters. The number of hydrogen-bond acceptors (Lipinski definition) is 5. The predicted octanol–water partition coefficient (Wildman–Crippen LogP) is 2.45. The second-order valence-corrected chi connectivity index (χ2v) is 7.32. The molecule has 1 saturated carbocycles. The average Bonchev–Trinajstić information content (AvgIpc) is 3.36. The summed E-state index contributed by atoms with van der Waals surface area (Å²) in [5.41, 5.74) is 1.16. The van der Waals surface area contributed by atoms with Crippen LogP contribution >= 0.6 is 11.3 Å². The number of hydrogen-bond donors (Lipinski definition) is 1. The largest absolute Gasteiger partial charge is 0.353 e. The molecule has 0 spiro atoms. The number of nitrogens with one attached hydrogen (secondary N) is 1. The van der Waals surface area contributed by atoms with E-state index in [1.807, 2.05) is 22.4 Å². The van der Waals surface area contributed by atoms with Gasteiger partial charge in [-0.3, -0.25) is 0 Å². The molecule has 4 rings (SSSR count). The Labute approximate surface area is 145 Å². The average molecular weight is 343 g/mol. The summed E-state index contributed by atoms with van der Waals surface area (Å²) in [6.45, 7) is 3.67. The standard InChI is InChI=1S/C17H21N5OS/c23-17(18-11-14-2-1-9-24-14)22-7-5-21(6-8-22)16-10-15(13-3-4-13)19-12-20-16/h1-2,9-10,12-13H,3-8,11H2,(H,18,23). The van der Waals surface area contributed by atoms with Gasteiger partial charge in [0.1, 0.15) is 12.1 Å². The van der Waals surface area contributed by atoms with E-state index in [2.05, 4.69) is 26.3 Å². The second kappa shape index (κ2) is 6.76. The number of carbonyl (C=O) groups excluding carboxylic acids is 1. The number of urea groups is 1. The number of aromatic nitrogens is 2. The predicted molar refractivity (Wildman–Crippen MR) is 94.3 cm³/mol. The number of amides is 2. The van der Waals surface area contributed by atoms with E-state index >= 15 is 0 Å². The molecule has 2 aromatic heterocycles. The topological polar surface area (TPSA) is 61.4 Å². The van der Waals surface area contributed by atoms with Crippen molar-refractivity contribution in [2.45, 2.75) is 25.3 Å². The van der Waals surface area contributed by atoms with Gasteiger partial charge in [-0.2, -0.15) is 0 Å². The van der Waals surface area contributed by atoms with Crippen molar-refractivity contribution in [1.29, 1.82) is 0 Å². The summed E-state index contributed by atoms with van der Waals surface area (Å²) >= 11 is 1.66. The Kier molecular flexibility index (Phi) is 4.34. The lowest BCUT2D eigenvalue weighted by atomic mass is 10.2. The van der Waals surface area contributed by atoms with Crippen LogP contribution in [0.3, 0.4) is 0 Å². The summed E-state index contributed by atoms with van der Waals surface area (Å²) < 4.78 is 0. The highest BCUT2D eigenvalue weighted by Gasteiger charge is 2.27. The van der Waals surface area contributed by atoms with Crippen LogP contribution in [-0.4, -0.2) is 47.1 Å². The first kappa shape index (κ1) is 15.4. The van der Waals surface area contributed by atoms with Gasteiger partial charge in [0, 0.05) is 48.7 Å². The van der Waals surface area contributed by atoms with E-state index in [0.29, 0.717) is 12.5 Å². The Morgan fingerprint density at radius 3 is 2.79 bits per heavy atom. The Hall–Kier alpha value is -2.15. The zero-order valence-corrected chi connectivity index (χ0v) is 14.3. The van der Waals surface area contributed by atoms with Crippen LogP contribution in [0.1, 0.15) is 29.3 Å². The number of thiophene rings is 1. The fourth-order valence-electron chi connectivity index (χ4n) is 2.96. The molecule has 0 aromatic carbocycles. The molecule has 1 aliphatic carbocycles. The number of carbonyl (C=O) groups is 1. The summed E-state index contributed by atoms with van der Waals surface area (Å²) in [4.78, 5) is 26.4. The van der Waals surface area contributed by atoms with Gasteiger partial charge in [0.05, 0.1) is 6.54 Å². The molecule has 1 aliphatic heterocycles. The summed E-state index contributed by atoms with van der Waals surface area (Å²) in [5, 5.41) is 5.02. The maximum absolute atomic E-state index is 12.3. The number of anilines is 1. The fourth-order valence-corrected chi connectivity index (χ4v) is 3.61. The molecule has 0 bridgehead atoms. The van der Waals surface area contributed by atoms with Crippen molar-refractivity contribution in [1.82, 2.24) is 20.2 Å². The third-order valence-corrected chi connectivity index (χ3v) is 5.43. The van der Waals surface area contributed by atoms with Gasteiger partial charge in [-0.05, 0) is 24.3 Å². The molecule has 0 atom stereocenters. The molecular weight excluding hydrogens is 322 g/mol. The van der Waals surface area contributed by atoms with Crippen LogP contribution in [0.25, 0.3) is 0 Å².